The Bertz CT molecular complexity index is 2420. The van der Waals surface area contributed by atoms with Gasteiger partial charge in [-0.25, -0.2) is 15.0 Å². The zero-order chi connectivity index (χ0) is 33.9. The maximum atomic E-state index is 9.98. The average molecular weight is 650 g/mol. The Morgan fingerprint density at radius 2 is 0.760 bits per heavy atom. The second-order valence-corrected chi connectivity index (χ2v) is 11.0. The van der Waals surface area contributed by atoms with Crippen molar-refractivity contribution in [2.75, 3.05) is 0 Å². The van der Waals surface area contributed by atoms with Crippen LogP contribution in [0.15, 0.2) is 140 Å². The van der Waals surface area contributed by atoms with Crippen LogP contribution in [0.1, 0.15) is 11.3 Å². The minimum absolute atomic E-state index is 0.0272. The molecule has 0 fully saturated rings. The topological polar surface area (TPSA) is 123 Å². The van der Waals surface area contributed by atoms with Crippen LogP contribution in [0.3, 0.4) is 0 Å². The Labute approximate surface area is 285 Å². The fourth-order valence-electron chi connectivity index (χ4n) is 5.52. The lowest BCUT2D eigenvalue weighted by molar-refractivity contribution is 0.406. The molecular weight excluding hydrogens is 626 g/mol. The monoisotopic (exact) mass is 649 g/mol. The number of fused-ring (bicyclic) bond motifs is 6. The smallest absolute Gasteiger partial charge is 0.263 e. The number of para-hydroxylation sites is 4. The highest BCUT2D eigenvalue weighted by Gasteiger charge is 2.23. The van der Waals surface area contributed by atoms with Crippen LogP contribution < -0.4 is 18.9 Å². The molecule has 0 unspecified atom stereocenters. The predicted octanol–water partition coefficient (Wildman–Crippen LogP) is 10.2. The van der Waals surface area contributed by atoms with E-state index < -0.39 is 0 Å². The van der Waals surface area contributed by atoms with Gasteiger partial charge in [-0.15, -0.1) is 0 Å². The second kappa shape index (κ2) is 13.0. The Kier molecular flexibility index (Phi) is 7.74. The summed E-state index contributed by atoms with van der Waals surface area (Å²) in [6.45, 7) is 0. The van der Waals surface area contributed by atoms with Crippen molar-refractivity contribution in [3.8, 4) is 58.4 Å². The van der Waals surface area contributed by atoms with Gasteiger partial charge in [-0.05, 0) is 66.7 Å². The average Bonchev–Trinajstić information content (AvgIpc) is 3.17. The number of hydrogen-bond donors (Lipinski definition) is 0. The molecule has 0 bridgehead atoms. The molecule has 0 aliphatic rings. The molecule has 5 aromatic carbocycles. The van der Waals surface area contributed by atoms with Crippen LogP contribution in [0, 0.1) is 22.7 Å². The van der Waals surface area contributed by atoms with E-state index in [0.29, 0.717) is 67.2 Å². The molecule has 3 aromatic heterocycles. The number of nitrogens with zero attached hydrogens (tertiary/aromatic N) is 5. The second-order valence-electron chi connectivity index (χ2n) is 11.0. The van der Waals surface area contributed by atoms with Crippen LogP contribution in [0.2, 0.25) is 0 Å². The van der Waals surface area contributed by atoms with Crippen LogP contribution in [0.5, 0.6) is 46.3 Å². The van der Waals surface area contributed by atoms with Gasteiger partial charge < -0.3 is 18.9 Å². The molecule has 0 spiro atoms. The normalized spacial score (nSPS) is 10.8. The first-order valence-electron chi connectivity index (χ1n) is 15.5. The van der Waals surface area contributed by atoms with Gasteiger partial charge in [-0.2, -0.15) is 10.5 Å². The number of nitriles is 2. The molecule has 0 saturated heterocycles. The number of benzene rings is 5. The van der Waals surface area contributed by atoms with Crippen LogP contribution in [-0.2, 0) is 0 Å². The molecule has 9 heteroatoms. The summed E-state index contributed by atoms with van der Waals surface area (Å²) in [4.78, 5) is 14.7. The Morgan fingerprint density at radius 1 is 0.400 bits per heavy atom. The zero-order valence-electron chi connectivity index (χ0n) is 26.1. The SMILES string of the molecule is N#Cc1cc2c(nc1C#N)c1cc(Oc3ccccc3)c(Oc3ccccc3)nc1c1cc(Oc3ccccc3)c(Oc3ccccc3)nc21. The molecule has 0 radical (unpaired) electrons. The molecule has 0 N–H and O–H groups in total. The third-order valence-corrected chi connectivity index (χ3v) is 7.78. The highest BCUT2D eigenvalue weighted by molar-refractivity contribution is 6.22. The summed E-state index contributed by atoms with van der Waals surface area (Å²) in [6, 6.07) is 46.4. The predicted molar refractivity (Wildman–Crippen MR) is 188 cm³/mol. The number of aromatic nitrogens is 3. The van der Waals surface area contributed by atoms with E-state index in [-0.39, 0.29) is 23.0 Å². The maximum Gasteiger partial charge on any atom is 0.263 e. The summed E-state index contributed by atoms with van der Waals surface area (Å²) in [5, 5.41) is 21.6. The van der Waals surface area contributed by atoms with E-state index in [1.165, 1.54) is 0 Å². The molecule has 0 saturated carbocycles. The summed E-state index contributed by atoms with van der Waals surface area (Å²) in [6.07, 6.45) is 0. The molecule has 8 rings (SSSR count). The van der Waals surface area contributed by atoms with Gasteiger partial charge in [-0.1, -0.05) is 72.8 Å². The molecule has 9 nitrogen and oxygen atoms in total. The summed E-state index contributed by atoms with van der Waals surface area (Å²) in [7, 11) is 0. The molecular formula is C41H23N5O4. The van der Waals surface area contributed by atoms with Gasteiger partial charge in [0.25, 0.3) is 11.8 Å². The lowest BCUT2D eigenvalue weighted by Crippen LogP contribution is -2.00. The largest absolute Gasteiger partial charge is 0.452 e. The fourth-order valence-corrected chi connectivity index (χ4v) is 5.52. The van der Waals surface area contributed by atoms with Gasteiger partial charge in [0.05, 0.1) is 22.1 Å². The van der Waals surface area contributed by atoms with Crippen LogP contribution in [0.25, 0.3) is 32.7 Å². The van der Waals surface area contributed by atoms with Crippen molar-refractivity contribution >= 4 is 32.7 Å². The first-order valence-corrected chi connectivity index (χ1v) is 15.5. The number of rotatable bonds is 8. The lowest BCUT2D eigenvalue weighted by Gasteiger charge is -2.17. The number of hydrogen-bond acceptors (Lipinski definition) is 9. The van der Waals surface area contributed by atoms with Crippen molar-refractivity contribution in [1.82, 2.24) is 15.0 Å². The molecule has 0 atom stereocenters. The van der Waals surface area contributed by atoms with Crippen molar-refractivity contribution in [2.24, 2.45) is 0 Å². The van der Waals surface area contributed by atoms with Gasteiger partial charge in [0.15, 0.2) is 17.2 Å². The molecule has 8 aromatic rings. The molecule has 0 aliphatic heterocycles. The van der Waals surface area contributed by atoms with Crippen molar-refractivity contribution in [1.29, 1.82) is 10.5 Å². The molecule has 50 heavy (non-hydrogen) atoms. The molecule has 3 heterocycles. The van der Waals surface area contributed by atoms with Gasteiger partial charge in [0, 0.05) is 16.2 Å². The quantitative estimate of drug-likeness (QED) is 0.148. The lowest BCUT2D eigenvalue weighted by atomic mass is 10.0. The summed E-state index contributed by atoms with van der Waals surface area (Å²) in [5.74, 6) is 3.25. The first kappa shape index (κ1) is 29.9. The van der Waals surface area contributed by atoms with Crippen LogP contribution in [0.4, 0.5) is 0 Å². The van der Waals surface area contributed by atoms with E-state index in [9.17, 15) is 10.5 Å². The minimum Gasteiger partial charge on any atom is -0.452 e. The molecule has 0 amide bonds. The van der Waals surface area contributed by atoms with E-state index in [1.54, 1.807) is 18.2 Å². The van der Waals surface area contributed by atoms with Gasteiger partial charge in [-0.3, -0.25) is 0 Å². The van der Waals surface area contributed by atoms with E-state index in [0.717, 1.165) is 0 Å². The Hall–Kier alpha value is -7.49. The van der Waals surface area contributed by atoms with Crippen molar-refractivity contribution in [3.63, 3.8) is 0 Å². The van der Waals surface area contributed by atoms with Crippen LogP contribution >= 0.6 is 0 Å². The van der Waals surface area contributed by atoms with E-state index in [1.807, 2.05) is 121 Å². The maximum absolute atomic E-state index is 9.98. The van der Waals surface area contributed by atoms with Crippen LogP contribution in [-0.4, -0.2) is 15.0 Å². The third-order valence-electron chi connectivity index (χ3n) is 7.78. The van der Waals surface area contributed by atoms with Gasteiger partial charge in [0.2, 0.25) is 0 Å². The van der Waals surface area contributed by atoms with Gasteiger partial charge in [0.1, 0.15) is 35.1 Å². The standard InChI is InChI=1S/C41H23N5O4/c42-24-26-21-31-37(44-34(26)25-43)32-22-35(47-27-13-5-1-6-14-27)41(50-30-19-11-4-12-20-30)46-39(32)33-23-36(48-28-15-7-2-8-16-28)40(45-38(31)33)49-29-17-9-3-10-18-29/h1-23H. The summed E-state index contributed by atoms with van der Waals surface area (Å²) < 4.78 is 25.4. The summed E-state index contributed by atoms with van der Waals surface area (Å²) >= 11 is 0. The first-order chi connectivity index (χ1) is 24.7. The van der Waals surface area contributed by atoms with E-state index in [4.69, 9.17) is 28.9 Å². The highest BCUT2D eigenvalue weighted by atomic mass is 16.5. The fraction of sp³-hybridized carbons (Fsp3) is 0. The minimum atomic E-state index is -0.0272. The van der Waals surface area contributed by atoms with Crippen molar-refractivity contribution in [3.05, 3.63) is 151 Å². The van der Waals surface area contributed by atoms with E-state index >= 15 is 0 Å². The van der Waals surface area contributed by atoms with E-state index in [2.05, 4.69) is 17.1 Å². The third kappa shape index (κ3) is 5.79. The summed E-state index contributed by atoms with van der Waals surface area (Å²) in [5.41, 5.74) is 1.37. The number of ether oxygens (including phenoxy) is 4. The van der Waals surface area contributed by atoms with Crippen molar-refractivity contribution < 1.29 is 18.9 Å². The number of pyridine rings is 3. The molecule has 0 aliphatic carbocycles. The van der Waals surface area contributed by atoms with Crippen molar-refractivity contribution in [2.45, 2.75) is 0 Å². The Balaban J connectivity index is 1.46. The molecule has 236 valence electrons. The Morgan fingerprint density at radius 3 is 1.14 bits per heavy atom. The van der Waals surface area contributed by atoms with Gasteiger partial charge >= 0.3 is 0 Å². The zero-order valence-corrected chi connectivity index (χ0v) is 26.1. The highest BCUT2D eigenvalue weighted by Crippen LogP contribution is 2.44.